The van der Waals surface area contributed by atoms with Gasteiger partial charge in [-0.25, -0.2) is 0 Å². The lowest BCUT2D eigenvalue weighted by molar-refractivity contribution is 0.416. The van der Waals surface area contributed by atoms with Gasteiger partial charge in [0.25, 0.3) is 0 Å². The van der Waals surface area contributed by atoms with Crippen LogP contribution >= 0.6 is 0 Å². The second kappa shape index (κ2) is 9.23. The molecular formula is C30H27NO. The van der Waals surface area contributed by atoms with E-state index in [1.54, 1.807) is 19.5 Å². The van der Waals surface area contributed by atoms with E-state index in [1.807, 2.05) is 36.4 Å². The minimum atomic E-state index is 0.888. The van der Waals surface area contributed by atoms with Crippen molar-refractivity contribution in [3.05, 3.63) is 107 Å². The molecule has 0 atom stereocenters. The number of aromatic nitrogens is 1. The molecule has 32 heavy (non-hydrogen) atoms. The molecule has 1 heterocycles. The lowest BCUT2D eigenvalue weighted by atomic mass is 9.87. The number of fused-ring (bicyclic) bond motifs is 5. The summed E-state index contributed by atoms with van der Waals surface area (Å²) in [5.74, 6) is 0.888. The van der Waals surface area contributed by atoms with E-state index in [-0.39, 0.29) is 0 Å². The predicted molar refractivity (Wildman–Crippen MR) is 133 cm³/mol. The Morgan fingerprint density at radius 2 is 1.47 bits per heavy atom. The summed E-state index contributed by atoms with van der Waals surface area (Å²) in [5.41, 5.74) is 8.07. The summed E-state index contributed by atoms with van der Waals surface area (Å²) >= 11 is 0. The topological polar surface area (TPSA) is 22.1 Å². The fourth-order valence-electron chi connectivity index (χ4n) is 4.72. The van der Waals surface area contributed by atoms with Crippen LogP contribution in [0.2, 0.25) is 0 Å². The number of methoxy groups -OCH3 is 1. The summed E-state index contributed by atoms with van der Waals surface area (Å²) in [7, 11) is 1.68. The van der Waals surface area contributed by atoms with Crippen LogP contribution in [0.25, 0.3) is 34.4 Å². The zero-order valence-electron chi connectivity index (χ0n) is 18.4. The van der Waals surface area contributed by atoms with E-state index in [9.17, 15) is 0 Å². The van der Waals surface area contributed by atoms with E-state index in [0.717, 1.165) is 23.3 Å². The molecule has 6 rings (SSSR count). The Hall–Kier alpha value is -3.65. The molecule has 0 spiro atoms. The number of para-hydroxylation sites is 1. The van der Waals surface area contributed by atoms with Gasteiger partial charge in [0.1, 0.15) is 5.75 Å². The molecule has 0 bridgehead atoms. The van der Waals surface area contributed by atoms with Gasteiger partial charge in [0, 0.05) is 18.0 Å². The average Bonchev–Trinajstić information content (AvgIpc) is 2.89. The Morgan fingerprint density at radius 1 is 0.688 bits per heavy atom. The summed E-state index contributed by atoms with van der Waals surface area (Å²) < 4.78 is 5.28. The van der Waals surface area contributed by atoms with Crippen LogP contribution < -0.4 is 15.2 Å². The van der Waals surface area contributed by atoms with Crippen molar-refractivity contribution in [1.29, 1.82) is 0 Å². The van der Waals surface area contributed by atoms with E-state index in [2.05, 4.69) is 53.5 Å². The summed E-state index contributed by atoms with van der Waals surface area (Å²) in [6.45, 7) is 0. The van der Waals surface area contributed by atoms with Crippen molar-refractivity contribution >= 4 is 12.2 Å². The number of nitrogens with zero attached hydrogens (tertiary/aromatic N) is 1. The van der Waals surface area contributed by atoms with Crippen LogP contribution in [-0.2, 0) is 12.8 Å². The van der Waals surface area contributed by atoms with Crippen LogP contribution in [0.1, 0.15) is 24.0 Å². The van der Waals surface area contributed by atoms with Gasteiger partial charge in [-0.2, -0.15) is 0 Å². The fourth-order valence-corrected chi connectivity index (χ4v) is 4.72. The Morgan fingerprint density at radius 3 is 2.31 bits per heavy atom. The van der Waals surface area contributed by atoms with Gasteiger partial charge in [-0.15, -0.1) is 0 Å². The van der Waals surface area contributed by atoms with Crippen molar-refractivity contribution in [2.24, 2.45) is 0 Å². The molecule has 2 aliphatic carbocycles. The molecule has 0 amide bonds. The van der Waals surface area contributed by atoms with Gasteiger partial charge in [-0.1, -0.05) is 66.7 Å². The van der Waals surface area contributed by atoms with Gasteiger partial charge in [-0.3, -0.25) is 4.98 Å². The first kappa shape index (κ1) is 20.3. The fraction of sp³-hybridized carbons (Fsp3) is 0.167. The van der Waals surface area contributed by atoms with Crippen molar-refractivity contribution in [1.82, 2.24) is 4.98 Å². The first-order valence-corrected chi connectivity index (χ1v) is 11.3. The van der Waals surface area contributed by atoms with Gasteiger partial charge in [-0.05, 0) is 82.1 Å². The number of hydrogen-bond donors (Lipinski definition) is 0. The maximum absolute atomic E-state index is 5.28. The molecule has 0 N–H and O–H groups in total. The third-order valence-electron chi connectivity index (χ3n) is 6.31. The third-order valence-corrected chi connectivity index (χ3v) is 6.31. The lowest BCUT2D eigenvalue weighted by Crippen LogP contribution is -2.33. The molecule has 0 radical (unpaired) electrons. The van der Waals surface area contributed by atoms with Crippen molar-refractivity contribution in [2.75, 3.05) is 7.11 Å². The summed E-state index contributed by atoms with van der Waals surface area (Å²) in [4.78, 5) is 3.99. The number of pyridine rings is 1. The molecule has 1 aromatic heterocycles. The lowest BCUT2D eigenvalue weighted by Gasteiger charge is -2.17. The Kier molecular flexibility index (Phi) is 5.85. The maximum Gasteiger partial charge on any atom is 0.126 e. The zero-order chi connectivity index (χ0) is 21.8. The Balaban J connectivity index is 0.000000140. The molecule has 0 fully saturated rings. The highest BCUT2D eigenvalue weighted by Crippen LogP contribution is 2.28. The Bertz CT molecular complexity index is 1360. The van der Waals surface area contributed by atoms with Gasteiger partial charge in [0.05, 0.1) is 7.11 Å². The van der Waals surface area contributed by atoms with Gasteiger partial charge >= 0.3 is 0 Å². The van der Waals surface area contributed by atoms with Crippen LogP contribution in [0.15, 0.2) is 85.2 Å². The number of hydrogen-bond acceptors (Lipinski definition) is 2. The number of aryl methyl sites for hydroxylation is 1. The van der Waals surface area contributed by atoms with Crippen LogP contribution in [0, 0.1) is 0 Å². The van der Waals surface area contributed by atoms with Gasteiger partial charge in [0.15, 0.2) is 0 Å². The largest absolute Gasteiger partial charge is 0.496 e. The smallest absolute Gasteiger partial charge is 0.126 e. The molecule has 2 heteroatoms. The number of ether oxygens (including phenoxy) is 1. The van der Waals surface area contributed by atoms with Crippen LogP contribution in [0.3, 0.4) is 0 Å². The van der Waals surface area contributed by atoms with Crippen molar-refractivity contribution in [3.63, 3.8) is 0 Å². The molecule has 0 aliphatic heterocycles. The maximum atomic E-state index is 5.28. The first-order chi connectivity index (χ1) is 15.8. The molecular weight excluding hydrogens is 390 g/mol. The first-order valence-electron chi connectivity index (χ1n) is 11.3. The van der Waals surface area contributed by atoms with E-state index in [1.165, 1.54) is 52.0 Å². The van der Waals surface area contributed by atoms with Gasteiger partial charge < -0.3 is 4.74 Å². The average molecular weight is 418 g/mol. The van der Waals surface area contributed by atoms with E-state index in [0.29, 0.717) is 0 Å². The molecule has 0 saturated heterocycles. The highest BCUT2D eigenvalue weighted by Gasteiger charge is 2.13. The van der Waals surface area contributed by atoms with Crippen LogP contribution in [0.4, 0.5) is 0 Å². The van der Waals surface area contributed by atoms with E-state index >= 15 is 0 Å². The van der Waals surface area contributed by atoms with E-state index in [4.69, 9.17) is 4.74 Å². The second-order valence-electron chi connectivity index (χ2n) is 8.20. The predicted octanol–water partition coefficient (Wildman–Crippen LogP) is 5.56. The third kappa shape index (κ3) is 3.97. The van der Waals surface area contributed by atoms with E-state index < -0.39 is 0 Å². The quantitative estimate of drug-likeness (QED) is 0.426. The normalized spacial score (nSPS) is 13.2. The molecule has 158 valence electrons. The minimum Gasteiger partial charge on any atom is -0.496 e. The molecule has 0 saturated carbocycles. The second-order valence-corrected chi connectivity index (χ2v) is 8.20. The standard InChI is InChI=1S/C18H16.C12H11NO/c1-3-7-15-13(5-1)9-11-18-16-8-4-2-6-14(16)10-12-17(15)18;1-14-12-5-3-2-4-11(12)10-6-8-13-9-7-10/h1,3,5,7-8,10-12H,2,4,6,9H2;2-9H,1H3. The Labute approximate surface area is 189 Å². The van der Waals surface area contributed by atoms with Crippen molar-refractivity contribution < 1.29 is 4.74 Å². The molecule has 2 nitrogen and oxygen atoms in total. The van der Waals surface area contributed by atoms with Crippen LogP contribution in [-0.4, -0.2) is 12.1 Å². The van der Waals surface area contributed by atoms with Crippen molar-refractivity contribution in [3.8, 4) is 28.0 Å². The highest BCUT2D eigenvalue weighted by molar-refractivity contribution is 5.74. The van der Waals surface area contributed by atoms with Gasteiger partial charge in [0.2, 0.25) is 0 Å². The SMILES string of the molecule is C1=c2c(ccc3c2=CCc2ccccc2-3)CCC1.COc1ccccc1-c1ccncc1. The summed E-state index contributed by atoms with van der Waals surface area (Å²) in [5, 5.41) is 2.99. The molecule has 4 aromatic rings. The summed E-state index contributed by atoms with van der Waals surface area (Å²) in [6.07, 6.45) is 13.3. The van der Waals surface area contributed by atoms with Crippen molar-refractivity contribution in [2.45, 2.75) is 25.7 Å². The zero-order valence-corrected chi connectivity index (χ0v) is 18.4. The number of benzene rings is 3. The molecule has 2 aliphatic rings. The van der Waals surface area contributed by atoms with Crippen LogP contribution in [0.5, 0.6) is 5.75 Å². The summed E-state index contributed by atoms with van der Waals surface area (Å²) in [6, 6.07) is 25.3. The minimum absolute atomic E-state index is 0.888. The number of rotatable bonds is 2. The molecule has 3 aromatic carbocycles. The highest BCUT2D eigenvalue weighted by atomic mass is 16.5. The monoisotopic (exact) mass is 417 g/mol. The molecule has 0 unspecified atom stereocenters.